The van der Waals surface area contributed by atoms with Crippen LogP contribution in [0.5, 0.6) is 0 Å². The number of benzene rings is 5. The van der Waals surface area contributed by atoms with Crippen LogP contribution in [0.2, 0.25) is 0 Å². The molecule has 0 aliphatic rings. The van der Waals surface area contributed by atoms with Crippen LogP contribution < -0.4 is 0 Å². The average Bonchev–Trinajstić information content (AvgIpc) is 2.66. The lowest BCUT2D eigenvalue weighted by Gasteiger charge is -2.14. The van der Waals surface area contributed by atoms with Gasteiger partial charge in [0.25, 0.3) is 0 Å². The Hall–Kier alpha value is -3.07. The fraction of sp³-hybridized carbons (Fsp3) is 0.0435. The van der Waals surface area contributed by atoms with Crippen LogP contribution in [0.4, 0.5) is 13.2 Å². The summed E-state index contributed by atoms with van der Waals surface area (Å²) >= 11 is 0. The van der Waals surface area contributed by atoms with E-state index in [4.69, 9.17) is 0 Å². The minimum Gasteiger partial charge on any atom is -0.166 e. The Bertz CT molecular complexity index is 1310. The second-order valence-electron chi connectivity index (χ2n) is 6.55. The maximum absolute atomic E-state index is 13.3. The number of hydrogen-bond acceptors (Lipinski definition) is 0. The number of hydrogen-bond donors (Lipinski definition) is 0. The first-order valence-electron chi connectivity index (χ1n) is 8.36. The highest BCUT2D eigenvalue weighted by Gasteiger charge is 2.30. The SMILES string of the molecule is FC(F)(F)c1ccc2c3ccccc3c3cc4ccccc4cc3c2c1. The van der Waals surface area contributed by atoms with E-state index in [1.165, 1.54) is 12.1 Å². The summed E-state index contributed by atoms with van der Waals surface area (Å²) in [6.45, 7) is 0. The molecule has 0 nitrogen and oxygen atoms in total. The van der Waals surface area contributed by atoms with Gasteiger partial charge in [0, 0.05) is 0 Å². The quantitative estimate of drug-likeness (QED) is 0.203. The lowest BCUT2D eigenvalue weighted by molar-refractivity contribution is -0.137. The molecule has 0 saturated carbocycles. The van der Waals surface area contributed by atoms with Crippen LogP contribution in [0, 0.1) is 0 Å². The van der Waals surface area contributed by atoms with Crippen molar-refractivity contribution in [2.75, 3.05) is 0 Å². The Morgan fingerprint density at radius 2 is 0.923 bits per heavy atom. The molecule has 0 bridgehead atoms. The number of halogens is 3. The Balaban J connectivity index is 2.07. The molecular weight excluding hydrogens is 333 g/mol. The van der Waals surface area contributed by atoms with E-state index >= 15 is 0 Å². The predicted molar refractivity (Wildman–Crippen MR) is 101 cm³/mol. The van der Waals surface area contributed by atoms with Crippen LogP contribution in [-0.2, 0) is 6.18 Å². The summed E-state index contributed by atoms with van der Waals surface area (Å²) in [6, 6.07) is 23.9. The van der Waals surface area contributed by atoms with Crippen molar-refractivity contribution in [1.82, 2.24) is 0 Å². The van der Waals surface area contributed by atoms with Crippen molar-refractivity contribution in [2.24, 2.45) is 0 Å². The molecule has 5 aromatic rings. The normalized spacial score (nSPS) is 12.4. The van der Waals surface area contributed by atoms with Gasteiger partial charge in [0.1, 0.15) is 0 Å². The number of alkyl halides is 3. The molecule has 5 aromatic carbocycles. The highest BCUT2D eigenvalue weighted by atomic mass is 19.4. The zero-order chi connectivity index (χ0) is 17.9. The highest BCUT2D eigenvalue weighted by Crippen LogP contribution is 2.39. The summed E-state index contributed by atoms with van der Waals surface area (Å²) in [5.41, 5.74) is -0.616. The maximum atomic E-state index is 13.3. The van der Waals surface area contributed by atoms with E-state index in [0.717, 1.165) is 37.7 Å². The molecule has 0 fully saturated rings. The summed E-state index contributed by atoms with van der Waals surface area (Å²) in [7, 11) is 0. The van der Waals surface area contributed by atoms with E-state index < -0.39 is 11.7 Å². The van der Waals surface area contributed by atoms with Gasteiger partial charge in [-0.15, -0.1) is 0 Å². The van der Waals surface area contributed by atoms with Crippen molar-refractivity contribution in [2.45, 2.75) is 6.18 Å². The van der Waals surface area contributed by atoms with Gasteiger partial charge in [-0.3, -0.25) is 0 Å². The molecule has 0 N–H and O–H groups in total. The Morgan fingerprint density at radius 1 is 0.462 bits per heavy atom. The summed E-state index contributed by atoms with van der Waals surface area (Å²) in [5.74, 6) is 0. The molecule has 126 valence electrons. The van der Waals surface area contributed by atoms with Crippen molar-refractivity contribution in [3.05, 3.63) is 84.4 Å². The molecule has 0 unspecified atom stereocenters. The molecule has 0 amide bonds. The first kappa shape index (κ1) is 15.2. The summed E-state index contributed by atoms with van der Waals surface area (Å²) < 4.78 is 39.8. The van der Waals surface area contributed by atoms with E-state index in [9.17, 15) is 13.2 Å². The Labute approximate surface area is 147 Å². The molecule has 5 rings (SSSR count). The molecule has 0 heterocycles. The van der Waals surface area contributed by atoms with E-state index in [0.29, 0.717) is 5.39 Å². The van der Waals surface area contributed by atoms with E-state index in [1.54, 1.807) is 6.07 Å². The monoisotopic (exact) mass is 346 g/mol. The second kappa shape index (κ2) is 5.21. The maximum Gasteiger partial charge on any atom is 0.416 e. The van der Waals surface area contributed by atoms with Gasteiger partial charge in [0.05, 0.1) is 5.56 Å². The highest BCUT2D eigenvalue weighted by molar-refractivity contribution is 6.27. The van der Waals surface area contributed by atoms with Gasteiger partial charge >= 0.3 is 6.18 Å². The largest absolute Gasteiger partial charge is 0.416 e. The first-order chi connectivity index (χ1) is 12.5. The van der Waals surface area contributed by atoms with Gasteiger partial charge in [-0.05, 0) is 67.4 Å². The van der Waals surface area contributed by atoms with Crippen LogP contribution >= 0.6 is 0 Å². The third-order valence-corrected chi connectivity index (χ3v) is 5.03. The molecule has 26 heavy (non-hydrogen) atoms. The fourth-order valence-electron chi connectivity index (χ4n) is 3.82. The van der Waals surface area contributed by atoms with Crippen LogP contribution in [0.3, 0.4) is 0 Å². The molecular formula is C23H13F3. The third kappa shape index (κ3) is 2.17. The summed E-state index contributed by atoms with van der Waals surface area (Å²) in [5, 5.41) is 7.44. The first-order valence-corrected chi connectivity index (χ1v) is 8.36. The zero-order valence-electron chi connectivity index (χ0n) is 13.6. The molecule has 0 aliphatic carbocycles. The van der Waals surface area contributed by atoms with E-state index in [2.05, 4.69) is 6.07 Å². The van der Waals surface area contributed by atoms with Crippen molar-refractivity contribution < 1.29 is 13.2 Å². The third-order valence-electron chi connectivity index (χ3n) is 5.03. The zero-order valence-corrected chi connectivity index (χ0v) is 13.6. The van der Waals surface area contributed by atoms with Gasteiger partial charge in [-0.25, -0.2) is 0 Å². The topological polar surface area (TPSA) is 0 Å². The van der Waals surface area contributed by atoms with Gasteiger partial charge < -0.3 is 0 Å². The van der Waals surface area contributed by atoms with Gasteiger partial charge in [0.15, 0.2) is 0 Å². The molecule has 0 saturated heterocycles. The summed E-state index contributed by atoms with van der Waals surface area (Å²) in [4.78, 5) is 0. The van der Waals surface area contributed by atoms with Crippen molar-refractivity contribution >= 4 is 43.1 Å². The molecule has 0 spiro atoms. The Kier molecular flexibility index (Phi) is 3.05. The molecule has 0 aliphatic heterocycles. The minimum atomic E-state index is -4.36. The van der Waals surface area contributed by atoms with Crippen LogP contribution in [-0.4, -0.2) is 0 Å². The number of rotatable bonds is 0. The van der Waals surface area contributed by atoms with Crippen molar-refractivity contribution in [3.8, 4) is 0 Å². The van der Waals surface area contributed by atoms with E-state index in [1.807, 2.05) is 54.6 Å². The Morgan fingerprint density at radius 3 is 1.54 bits per heavy atom. The molecule has 0 aromatic heterocycles. The lowest BCUT2D eigenvalue weighted by atomic mass is 9.91. The minimum absolute atomic E-state index is 0.616. The van der Waals surface area contributed by atoms with Gasteiger partial charge in [-0.1, -0.05) is 54.6 Å². The standard InChI is InChI=1S/C23H13F3/c24-23(25,26)16-9-10-19-17-7-3-4-8-18(17)20-11-14-5-1-2-6-15(14)12-21(20)22(19)13-16/h1-13H. The van der Waals surface area contributed by atoms with Gasteiger partial charge in [-0.2, -0.15) is 13.2 Å². The second-order valence-corrected chi connectivity index (χ2v) is 6.55. The fourth-order valence-corrected chi connectivity index (χ4v) is 3.82. The summed E-state index contributed by atoms with van der Waals surface area (Å²) in [6.07, 6.45) is -4.36. The lowest BCUT2D eigenvalue weighted by Crippen LogP contribution is -2.04. The van der Waals surface area contributed by atoms with Crippen molar-refractivity contribution in [1.29, 1.82) is 0 Å². The van der Waals surface area contributed by atoms with Crippen LogP contribution in [0.1, 0.15) is 5.56 Å². The van der Waals surface area contributed by atoms with Crippen molar-refractivity contribution in [3.63, 3.8) is 0 Å². The average molecular weight is 346 g/mol. The molecule has 3 heteroatoms. The smallest absolute Gasteiger partial charge is 0.166 e. The predicted octanol–water partition coefficient (Wildman–Crippen LogP) is 7.32. The van der Waals surface area contributed by atoms with Gasteiger partial charge in [0.2, 0.25) is 0 Å². The van der Waals surface area contributed by atoms with Crippen LogP contribution in [0.15, 0.2) is 78.9 Å². The number of fused-ring (bicyclic) bond motifs is 7. The van der Waals surface area contributed by atoms with Crippen LogP contribution in [0.25, 0.3) is 43.1 Å². The molecule has 0 radical (unpaired) electrons. The molecule has 0 atom stereocenters. The van der Waals surface area contributed by atoms with E-state index in [-0.39, 0.29) is 0 Å².